The van der Waals surface area contributed by atoms with Crippen LogP contribution in [0.4, 0.5) is 17.1 Å². The Morgan fingerprint density at radius 3 is 2.19 bits per heavy atom. The van der Waals surface area contributed by atoms with Gasteiger partial charge in [0.15, 0.2) is 0 Å². The van der Waals surface area contributed by atoms with Crippen molar-refractivity contribution in [2.75, 3.05) is 4.90 Å². The van der Waals surface area contributed by atoms with E-state index >= 15 is 0 Å². The predicted octanol–water partition coefficient (Wildman–Crippen LogP) is 9.05. The fourth-order valence-electron chi connectivity index (χ4n) is 5.88. The van der Waals surface area contributed by atoms with Crippen LogP contribution >= 0.6 is 0 Å². The average molecular weight is 472 g/mol. The summed E-state index contributed by atoms with van der Waals surface area (Å²) in [5, 5.41) is 5.96. The van der Waals surface area contributed by atoms with Crippen molar-refractivity contribution >= 4 is 49.5 Å². The lowest BCUT2D eigenvalue weighted by molar-refractivity contribution is 1.29. The first-order chi connectivity index (χ1) is 18.4. The number of hydrogen-bond donors (Lipinski definition) is 0. The third-order valence-corrected chi connectivity index (χ3v) is 7.52. The van der Waals surface area contributed by atoms with Gasteiger partial charge in [0.05, 0.1) is 16.9 Å². The molecule has 0 N–H and O–H groups in total. The SMILES string of the molecule is c1ccc2c(c1)-c1cccc3c(N(c4ccc5cnccc5c4)c4ccnc5ccccc45)ccc-2c13. The van der Waals surface area contributed by atoms with Gasteiger partial charge in [-0.1, -0.05) is 72.8 Å². The van der Waals surface area contributed by atoms with Crippen LogP contribution in [-0.2, 0) is 0 Å². The molecule has 0 spiro atoms. The molecule has 3 heteroatoms. The third kappa shape index (κ3) is 2.95. The van der Waals surface area contributed by atoms with Gasteiger partial charge in [-0.3, -0.25) is 9.97 Å². The smallest absolute Gasteiger partial charge is 0.0723 e. The molecule has 0 saturated heterocycles. The summed E-state index contributed by atoms with van der Waals surface area (Å²) in [5.74, 6) is 0. The third-order valence-electron chi connectivity index (χ3n) is 7.52. The van der Waals surface area contributed by atoms with E-state index in [9.17, 15) is 0 Å². The maximum Gasteiger partial charge on any atom is 0.0723 e. The average Bonchev–Trinajstić information content (AvgIpc) is 3.29. The molecule has 2 heterocycles. The summed E-state index contributed by atoms with van der Waals surface area (Å²) in [4.78, 5) is 11.3. The molecule has 0 fully saturated rings. The zero-order valence-corrected chi connectivity index (χ0v) is 20.0. The zero-order chi connectivity index (χ0) is 24.3. The molecule has 7 aromatic rings. The first kappa shape index (κ1) is 20.2. The lowest BCUT2D eigenvalue weighted by Gasteiger charge is -2.28. The lowest BCUT2D eigenvalue weighted by atomic mass is 9.99. The fraction of sp³-hybridized carbons (Fsp3) is 0. The quantitative estimate of drug-likeness (QED) is 0.257. The summed E-state index contributed by atoms with van der Waals surface area (Å²) >= 11 is 0. The predicted molar refractivity (Wildman–Crippen MR) is 154 cm³/mol. The Morgan fingerprint density at radius 2 is 1.27 bits per heavy atom. The molecule has 5 aromatic carbocycles. The van der Waals surface area contributed by atoms with Crippen LogP contribution in [-0.4, -0.2) is 9.97 Å². The van der Waals surface area contributed by atoms with Crippen molar-refractivity contribution in [3.05, 3.63) is 128 Å². The topological polar surface area (TPSA) is 29.0 Å². The molecule has 0 bridgehead atoms. The van der Waals surface area contributed by atoms with E-state index in [0.29, 0.717) is 0 Å². The highest BCUT2D eigenvalue weighted by atomic mass is 15.1. The van der Waals surface area contributed by atoms with Crippen molar-refractivity contribution in [2.45, 2.75) is 0 Å². The van der Waals surface area contributed by atoms with E-state index in [1.807, 2.05) is 24.7 Å². The molecule has 1 aliphatic rings. The number of nitrogens with zero attached hydrogens (tertiary/aromatic N) is 3. The molecule has 0 radical (unpaired) electrons. The molecule has 0 atom stereocenters. The number of para-hydroxylation sites is 1. The van der Waals surface area contributed by atoms with Gasteiger partial charge in [0.2, 0.25) is 0 Å². The molecular weight excluding hydrogens is 450 g/mol. The van der Waals surface area contributed by atoms with E-state index in [1.54, 1.807) is 0 Å². The summed E-state index contributed by atoms with van der Waals surface area (Å²) in [7, 11) is 0. The van der Waals surface area contributed by atoms with E-state index in [2.05, 4.69) is 118 Å². The first-order valence-corrected chi connectivity index (χ1v) is 12.5. The lowest BCUT2D eigenvalue weighted by Crippen LogP contribution is -2.11. The molecule has 37 heavy (non-hydrogen) atoms. The Labute approximate surface area is 214 Å². The highest BCUT2D eigenvalue weighted by molar-refractivity contribution is 6.19. The van der Waals surface area contributed by atoms with Crippen LogP contribution in [0.25, 0.3) is 54.7 Å². The zero-order valence-electron chi connectivity index (χ0n) is 20.0. The van der Waals surface area contributed by atoms with Crippen LogP contribution in [0, 0.1) is 0 Å². The van der Waals surface area contributed by atoms with Crippen molar-refractivity contribution < 1.29 is 0 Å². The highest BCUT2D eigenvalue weighted by Gasteiger charge is 2.25. The Hall–Kier alpha value is -5.02. The Kier molecular flexibility index (Phi) is 4.23. The van der Waals surface area contributed by atoms with Crippen LogP contribution in [0.15, 0.2) is 128 Å². The van der Waals surface area contributed by atoms with Gasteiger partial charge in [-0.05, 0) is 69.4 Å². The second-order valence-electron chi connectivity index (χ2n) is 9.50. The van der Waals surface area contributed by atoms with Gasteiger partial charge in [-0.15, -0.1) is 0 Å². The largest absolute Gasteiger partial charge is 0.309 e. The van der Waals surface area contributed by atoms with E-state index in [0.717, 1.165) is 38.7 Å². The van der Waals surface area contributed by atoms with E-state index in [4.69, 9.17) is 0 Å². The summed E-state index contributed by atoms with van der Waals surface area (Å²) in [6.07, 6.45) is 5.68. The fourth-order valence-corrected chi connectivity index (χ4v) is 5.88. The van der Waals surface area contributed by atoms with Gasteiger partial charge in [0.25, 0.3) is 0 Å². The molecule has 0 unspecified atom stereocenters. The number of benzene rings is 5. The number of aromatic nitrogens is 2. The van der Waals surface area contributed by atoms with Crippen LogP contribution in [0.5, 0.6) is 0 Å². The molecule has 2 aromatic heterocycles. The molecule has 8 rings (SSSR count). The van der Waals surface area contributed by atoms with E-state index in [1.165, 1.54) is 33.0 Å². The maximum absolute atomic E-state index is 4.65. The molecule has 172 valence electrons. The van der Waals surface area contributed by atoms with Gasteiger partial charge in [0, 0.05) is 40.4 Å². The molecule has 0 amide bonds. The minimum atomic E-state index is 0.980. The van der Waals surface area contributed by atoms with Gasteiger partial charge < -0.3 is 4.90 Å². The summed E-state index contributed by atoms with van der Waals surface area (Å²) in [6, 6.07) is 39.1. The Morgan fingerprint density at radius 1 is 0.514 bits per heavy atom. The standard InChI is InChI=1S/C34H21N3/c1-2-7-26-25(6-1)27-9-5-10-30-32(15-14-28(26)34(27)30)37(24-13-12-23-21-35-18-16-22(23)20-24)33-17-19-36-31-11-4-3-8-29(31)33/h1-21H. The van der Waals surface area contributed by atoms with Crippen LogP contribution < -0.4 is 4.90 Å². The minimum absolute atomic E-state index is 0.980. The van der Waals surface area contributed by atoms with Gasteiger partial charge in [0.1, 0.15) is 0 Å². The van der Waals surface area contributed by atoms with Crippen LogP contribution in [0.2, 0.25) is 0 Å². The number of fused-ring (bicyclic) bond motifs is 5. The second kappa shape index (κ2) is 7.74. The second-order valence-corrected chi connectivity index (χ2v) is 9.50. The van der Waals surface area contributed by atoms with Crippen LogP contribution in [0.1, 0.15) is 0 Å². The van der Waals surface area contributed by atoms with E-state index < -0.39 is 0 Å². The Bertz CT molecular complexity index is 1970. The van der Waals surface area contributed by atoms with Gasteiger partial charge >= 0.3 is 0 Å². The van der Waals surface area contributed by atoms with Gasteiger partial charge in [-0.2, -0.15) is 0 Å². The number of pyridine rings is 2. The molecular formula is C34H21N3. The van der Waals surface area contributed by atoms with Crippen molar-refractivity contribution in [3.8, 4) is 22.3 Å². The minimum Gasteiger partial charge on any atom is -0.309 e. The molecule has 3 nitrogen and oxygen atoms in total. The molecule has 0 aliphatic heterocycles. The van der Waals surface area contributed by atoms with Gasteiger partial charge in [-0.25, -0.2) is 0 Å². The van der Waals surface area contributed by atoms with Crippen molar-refractivity contribution in [1.29, 1.82) is 0 Å². The monoisotopic (exact) mass is 471 g/mol. The maximum atomic E-state index is 4.65. The molecule has 1 aliphatic carbocycles. The highest BCUT2D eigenvalue weighted by Crippen LogP contribution is 2.51. The molecule has 0 saturated carbocycles. The van der Waals surface area contributed by atoms with Crippen molar-refractivity contribution in [3.63, 3.8) is 0 Å². The summed E-state index contributed by atoms with van der Waals surface area (Å²) < 4.78 is 0. The number of rotatable bonds is 3. The van der Waals surface area contributed by atoms with E-state index in [-0.39, 0.29) is 0 Å². The number of hydrogen-bond acceptors (Lipinski definition) is 3. The number of anilines is 3. The summed E-state index contributed by atoms with van der Waals surface area (Å²) in [6.45, 7) is 0. The first-order valence-electron chi connectivity index (χ1n) is 12.5. The van der Waals surface area contributed by atoms with Crippen molar-refractivity contribution in [2.24, 2.45) is 0 Å². The van der Waals surface area contributed by atoms with Crippen LogP contribution in [0.3, 0.4) is 0 Å². The summed E-state index contributed by atoms with van der Waals surface area (Å²) in [5.41, 5.74) is 9.55. The normalized spacial score (nSPS) is 11.8. The Balaban J connectivity index is 1.46. The van der Waals surface area contributed by atoms with Crippen molar-refractivity contribution in [1.82, 2.24) is 9.97 Å².